The van der Waals surface area contributed by atoms with Gasteiger partial charge in [0.2, 0.25) is 0 Å². The molecule has 1 aliphatic carbocycles. The van der Waals surface area contributed by atoms with Crippen LogP contribution in [-0.2, 0) is 0 Å². The zero-order valence-corrected chi connectivity index (χ0v) is 13.3. The Hall–Kier alpha value is -0.410. The van der Waals surface area contributed by atoms with Crippen LogP contribution >= 0.6 is 15.9 Å². The van der Waals surface area contributed by atoms with E-state index >= 15 is 0 Å². The molecular weight excluding hydrogens is 305 g/mol. The van der Waals surface area contributed by atoms with Crippen LogP contribution in [0.5, 0.6) is 0 Å². The SMILES string of the molecule is CCC1CCCCC1C(NC)c1cc(F)ccc1Br. The fourth-order valence-electron chi connectivity index (χ4n) is 3.54. The van der Waals surface area contributed by atoms with Gasteiger partial charge in [0.05, 0.1) is 0 Å². The smallest absolute Gasteiger partial charge is 0.123 e. The average molecular weight is 328 g/mol. The topological polar surface area (TPSA) is 12.0 Å². The van der Waals surface area contributed by atoms with Crippen LogP contribution in [0, 0.1) is 17.7 Å². The van der Waals surface area contributed by atoms with Crippen LogP contribution in [-0.4, -0.2) is 7.05 Å². The summed E-state index contributed by atoms with van der Waals surface area (Å²) < 4.78 is 14.5. The van der Waals surface area contributed by atoms with Crippen molar-refractivity contribution in [2.75, 3.05) is 7.05 Å². The van der Waals surface area contributed by atoms with Crippen molar-refractivity contribution in [2.45, 2.75) is 45.1 Å². The molecule has 0 saturated heterocycles. The van der Waals surface area contributed by atoms with E-state index in [0.29, 0.717) is 5.92 Å². The number of benzene rings is 1. The van der Waals surface area contributed by atoms with Crippen molar-refractivity contribution < 1.29 is 4.39 Å². The van der Waals surface area contributed by atoms with Crippen molar-refractivity contribution in [3.63, 3.8) is 0 Å². The predicted molar refractivity (Wildman–Crippen MR) is 81.6 cm³/mol. The van der Waals surface area contributed by atoms with E-state index in [1.807, 2.05) is 13.1 Å². The summed E-state index contributed by atoms with van der Waals surface area (Å²) >= 11 is 3.57. The largest absolute Gasteiger partial charge is 0.313 e. The van der Waals surface area contributed by atoms with E-state index in [0.717, 1.165) is 16.0 Å². The normalized spacial score (nSPS) is 25.3. The predicted octanol–water partition coefficient (Wildman–Crippen LogP) is 5.07. The highest BCUT2D eigenvalue weighted by molar-refractivity contribution is 9.10. The lowest BCUT2D eigenvalue weighted by Gasteiger charge is -2.37. The summed E-state index contributed by atoms with van der Waals surface area (Å²) in [6.45, 7) is 2.27. The van der Waals surface area contributed by atoms with Gasteiger partial charge < -0.3 is 5.32 Å². The quantitative estimate of drug-likeness (QED) is 0.814. The number of halogens is 2. The van der Waals surface area contributed by atoms with Crippen LogP contribution in [0.25, 0.3) is 0 Å². The van der Waals surface area contributed by atoms with E-state index in [-0.39, 0.29) is 11.9 Å². The fourth-order valence-corrected chi connectivity index (χ4v) is 4.03. The van der Waals surface area contributed by atoms with Gasteiger partial charge in [-0.2, -0.15) is 0 Å². The molecule has 1 fully saturated rings. The average Bonchev–Trinajstić information content (AvgIpc) is 2.44. The van der Waals surface area contributed by atoms with Gasteiger partial charge in [-0.3, -0.25) is 0 Å². The zero-order valence-electron chi connectivity index (χ0n) is 11.8. The van der Waals surface area contributed by atoms with Crippen LogP contribution in [0.15, 0.2) is 22.7 Å². The van der Waals surface area contributed by atoms with Gasteiger partial charge in [-0.05, 0) is 49.1 Å². The van der Waals surface area contributed by atoms with Gasteiger partial charge in [-0.1, -0.05) is 48.5 Å². The number of hydrogen-bond donors (Lipinski definition) is 1. The van der Waals surface area contributed by atoms with Crippen molar-refractivity contribution in [2.24, 2.45) is 11.8 Å². The van der Waals surface area contributed by atoms with E-state index in [4.69, 9.17) is 0 Å². The second-order valence-corrected chi connectivity index (χ2v) is 6.40. The Morgan fingerprint density at radius 1 is 1.37 bits per heavy atom. The lowest BCUT2D eigenvalue weighted by molar-refractivity contribution is 0.180. The Kier molecular flexibility index (Phi) is 5.40. The second-order valence-electron chi connectivity index (χ2n) is 5.55. The van der Waals surface area contributed by atoms with E-state index in [1.54, 1.807) is 6.07 Å². The molecule has 1 N–H and O–H groups in total. The maximum absolute atomic E-state index is 13.5. The van der Waals surface area contributed by atoms with Gasteiger partial charge >= 0.3 is 0 Å². The molecule has 0 heterocycles. The lowest BCUT2D eigenvalue weighted by atomic mass is 9.72. The van der Waals surface area contributed by atoms with Gasteiger partial charge in [-0.25, -0.2) is 4.39 Å². The summed E-state index contributed by atoms with van der Waals surface area (Å²) in [6, 6.07) is 5.25. The third-order valence-corrected chi connectivity index (χ3v) is 5.25. The summed E-state index contributed by atoms with van der Waals surface area (Å²) in [6.07, 6.45) is 6.41. The Morgan fingerprint density at radius 3 is 2.79 bits per heavy atom. The molecule has 1 nitrogen and oxygen atoms in total. The first-order chi connectivity index (χ1) is 9.17. The van der Waals surface area contributed by atoms with E-state index in [2.05, 4.69) is 28.2 Å². The van der Waals surface area contributed by atoms with E-state index in [9.17, 15) is 4.39 Å². The molecule has 0 aliphatic heterocycles. The van der Waals surface area contributed by atoms with Crippen molar-refractivity contribution >= 4 is 15.9 Å². The number of hydrogen-bond acceptors (Lipinski definition) is 1. The minimum Gasteiger partial charge on any atom is -0.313 e. The Bertz CT molecular complexity index is 421. The highest BCUT2D eigenvalue weighted by Gasteiger charge is 2.31. The highest BCUT2D eigenvalue weighted by Crippen LogP contribution is 2.41. The maximum atomic E-state index is 13.5. The molecule has 19 heavy (non-hydrogen) atoms. The Balaban J connectivity index is 2.29. The fraction of sp³-hybridized carbons (Fsp3) is 0.625. The summed E-state index contributed by atoms with van der Waals surface area (Å²) in [5, 5.41) is 3.42. The van der Waals surface area contributed by atoms with Crippen LogP contribution < -0.4 is 5.32 Å². The summed E-state index contributed by atoms with van der Waals surface area (Å²) in [7, 11) is 1.99. The number of rotatable bonds is 4. The molecule has 2 rings (SSSR count). The van der Waals surface area contributed by atoms with E-state index < -0.39 is 0 Å². The summed E-state index contributed by atoms with van der Waals surface area (Å²) in [4.78, 5) is 0. The Labute approximate surface area is 124 Å². The molecule has 1 aromatic rings. The molecular formula is C16H23BrFN. The standard InChI is InChI=1S/C16H23BrFN/c1-3-11-6-4-5-7-13(11)16(19-2)14-10-12(18)8-9-15(14)17/h8-11,13,16,19H,3-7H2,1-2H3. The van der Waals surface area contributed by atoms with Crippen molar-refractivity contribution in [1.29, 1.82) is 0 Å². The monoisotopic (exact) mass is 327 g/mol. The van der Waals surface area contributed by atoms with Crippen LogP contribution in [0.2, 0.25) is 0 Å². The minimum absolute atomic E-state index is 0.151. The van der Waals surface area contributed by atoms with Crippen LogP contribution in [0.4, 0.5) is 4.39 Å². The molecule has 3 unspecified atom stereocenters. The van der Waals surface area contributed by atoms with Gasteiger partial charge in [0.15, 0.2) is 0 Å². The molecule has 0 aromatic heterocycles. The van der Waals surface area contributed by atoms with Gasteiger partial charge in [-0.15, -0.1) is 0 Å². The van der Waals surface area contributed by atoms with E-state index in [1.165, 1.54) is 38.2 Å². The summed E-state index contributed by atoms with van der Waals surface area (Å²) in [5.41, 5.74) is 1.06. The van der Waals surface area contributed by atoms with Gasteiger partial charge in [0, 0.05) is 10.5 Å². The van der Waals surface area contributed by atoms with Crippen molar-refractivity contribution in [3.05, 3.63) is 34.1 Å². The molecule has 0 spiro atoms. The molecule has 1 aliphatic rings. The third-order valence-electron chi connectivity index (χ3n) is 4.52. The lowest BCUT2D eigenvalue weighted by Crippen LogP contribution is -2.32. The van der Waals surface area contributed by atoms with Gasteiger partial charge in [0.25, 0.3) is 0 Å². The first kappa shape index (κ1) is 15.0. The number of nitrogens with one attached hydrogen (secondary N) is 1. The third kappa shape index (κ3) is 3.38. The molecule has 3 heteroatoms. The van der Waals surface area contributed by atoms with Gasteiger partial charge in [0.1, 0.15) is 5.82 Å². The first-order valence-electron chi connectivity index (χ1n) is 7.29. The zero-order chi connectivity index (χ0) is 13.8. The van der Waals surface area contributed by atoms with Crippen LogP contribution in [0.3, 0.4) is 0 Å². The molecule has 3 atom stereocenters. The molecule has 0 radical (unpaired) electrons. The molecule has 106 valence electrons. The summed E-state index contributed by atoms with van der Waals surface area (Å²) in [5.74, 6) is 1.21. The first-order valence-corrected chi connectivity index (χ1v) is 8.08. The van der Waals surface area contributed by atoms with Crippen molar-refractivity contribution in [3.8, 4) is 0 Å². The molecule has 1 aromatic carbocycles. The molecule has 1 saturated carbocycles. The Morgan fingerprint density at radius 2 is 2.11 bits per heavy atom. The minimum atomic E-state index is -0.151. The second kappa shape index (κ2) is 6.85. The van der Waals surface area contributed by atoms with Crippen LogP contribution in [0.1, 0.15) is 50.6 Å². The molecule has 0 amide bonds. The molecule has 0 bridgehead atoms. The van der Waals surface area contributed by atoms with Crippen molar-refractivity contribution in [1.82, 2.24) is 5.32 Å². The highest BCUT2D eigenvalue weighted by atomic mass is 79.9. The maximum Gasteiger partial charge on any atom is 0.123 e.